The number of aryl methyl sites for hydroxylation is 2. The van der Waals surface area contributed by atoms with Gasteiger partial charge < -0.3 is 15.7 Å². The van der Waals surface area contributed by atoms with Gasteiger partial charge in [-0.3, -0.25) is 4.79 Å². The normalized spacial score (nSPS) is 25.2. The third-order valence-electron chi connectivity index (χ3n) is 6.12. The van der Waals surface area contributed by atoms with Gasteiger partial charge in [0.25, 0.3) is 0 Å². The summed E-state index contributed by atoms with van der Waals surface area (Å²) in [5, 5.41) is 19.0. The molecular weight excluding hydrogens is 441 g/mol. The summed E-state index contributed by atoms with van der Waals surface area (Å²) in [6, 6.07) is 8.30. The predicted molar refractivity (Wildman–Crippen MR) is 128 cm³/mol. The van der Waals surface area contributed by atoms with Gasteiger partial charge in [-0.25, -0.2) is 4.98 Å². The van der Waals surface area contributed by atoms with Crippen molar-refractivity contribution in [1.29, 1.82) is 0 Å². The maximum atomic E-state index is 12.4. The van der Waals surface area contributed by atoms with Crippen LogP contribution in [0.5, 0.6) is 0 Å². The Morgan fingerprint density at radius 3 is 2.70 bits per heavy atom. The largest absolute Gasteiger partial charge is 0.391 e. The molecule has 1 aromatic heterocycles. The van der Waals surface area contributed by atoms with Crippen LogP contribution in [0.15, 0.2) is 29.3 Å². The molecular formula is C22H31Cl2N3O2S. The molecule has 8 heteroatoms. The van der Waals surface area contributed by atoms with E-state index in [0.717, 1.165) is 36.5 Å². The van der Waals surface area contributed by atoms with Crippen molar-refractivity contribution in [3.8, 4) is 0 Å². The highest BCUT2D eigenvalue weighted by molar-refractivity contribution is 7.99. The van der Waals surface area contributed by atoms with Crippen LogP contribution in [-0.4, -0.2) is 47.0 Å². The molecule has 1 aliphatic carbocycles. The highest BCUT2D eigenvalue weighted by Crippen LogP contribution is 2.33. The Bertz CT molecular complexity index is 883. The molecule has 30 heavy (non-hydrogen) atoms. The smallest absolute Gasteiger partial charge is 0.221 e. The van der Waals surface area contributed by atoms with Gasteiger partial charge in [0.15, 0.2) is 0 Å². The first kappa shape index (κ1) is 25.2. The number of aromatic nitrogens is 1. The second-order valence-electron chi connectivity index (χ2n) is 8.29. The van der Waals surface area contributed by atoms with Gasteiger partial charge in [0.1, 0.15) is 0 Å². The van der Waals surface area contributed by atoms with E-state index in [9.17, 15) is 9.90 Å². The lowest BCUT2D eigenvalue weighted by molar-refractivity contribution is -0.123. The molecule has 166 valence electrons. The highest BCUT2D eigenvalue weighted by Gasteiger charge is 2.39. The molecule has 0 bridgehead atoms. The summed E-state index contributed by atoms with van der Waals surface area (Å²) in [7, 11) is 0. The van der Waals surface area contributed by atoms with Crippen molar-refractivity contribution >= 4 is 53.4 Å². The van der Waals surface area contributed by atoms with E-state index in [1.54, 1.807) is 11.8 Å². The minimum Gasteiger partial charge on any atom is -0.391 e. The Morgan fingerprint density at radius 1 is 1.20 bits per heavy atom. The van der Waals surface area contributed by atoms with Crippen LogP contribution in [0.25, 0.3) is 10.9 Å². The summed E-state index contributed by atoms with van der Waals surface area (Å²) >= 11 is 1.62. The molecule has 2 fully saturated rings. The van der Waals surface area contributed by atoms with Crippen LogP contribution < -0.4 is 10.6 Å². The number of carbonyl (C=O) groups is 1. The maximum Gasteiger partial charge on any atom is 0.221 e. The van der Waals surface area contributed by atoms with Crippen LogP contribution in [0.1, 0.15) is 30.4 Å². The number of aliphatic hydroxyl groups excluding tert-OH is 1. The summed E-state index contributed by atoms with van der Waals surface area (Å²) < 4.78 is 0. The van der Waals surface area contributed by atoms with E-state index in [1.807, 2.05) is 0 Å². The molecule has 5 nitrogen and oxygen atoms in total. The van der Waals surface area contributed by atoms with Crippen LogP contribution in [0.4, 0.5) is 0 Å². The molecule has 2 aliphatic rings. The number of pyridine rings is 1. The number of amides is 1. The average molecular weight is 472 g/mol. The average Bonchev–Trinajstić information content (AvgIpc) is 3.10. The first-order valence-corrected chi connectivity index (χ1v) is 11.2. The third-order valence-corrected chi connectivity index (χ3v) is 7.03. The van der Waals surface area contributed by atoms with Crippen LogP contribution in [0.2, 0.25) is 0 Å². The lowest BCUT2D eigenvalue weighted by Gasteiger charge is -2.35. The van der Waals surface area contributed by atoms with E-state index in [2.05, 4.69) is 48.7 Å². The Morgan fingerprint density at radius 2 is 1.93 bits per heavy atom. The third kappa shape index (κ3) is 5.80. The molecule has 1 aromatic carbocycles. The van der Waals surface area contributed by atoms with Crippen molar-refractivity contribution in [3.05, 3.63) is 35.4 Å². The number of benzene rings is 1. The molecule has 4 atom stereocenters. The van der Waals surface area contributed by atoms with E-state index >= 15 is 0 Å². The van der Waals surface area contributed by atoms with E-state index in [-0.39, 0.29) is 36.8 Å². The Balaban J connectivity index is 0.00000160. The van der Waals surface area contributed by atoms with Gasteiger partial charge in [0, 0.05) is 17.6 Å². The Hall–Kier alpha value is -1.05. The second-order valence-corrected chi connectivity index (χ2v) is 9.40. The Kier molecular flexibility index (Phi) is 9.25. The fourth-order valence-corrected chi connectivity index (χ4v) is 5.45. The minimum absolute atomic E-state index is 0. The number of hydrogen-bond donors (Lipinski definition) is 3. The number of nitrogens with zero attached hydrogens (tertiary/aromatic N) is 1. The van der Waals surface area contributed by atoms with Gasteiger partial charge in [-0.15, -0.1) is 36.6 Å². The molecule has 1 saturated heterocycles. The topological polar surface area (TPSA) is 74.2 Å². The summed E-state index contributed by atoms with van der Waals surface area (Å²) in [5.74, 6) is 1.85. The standard InChI is InChI=1S/C22H29N3O2S.2ClH/c1-13-3-4-18-17(7-13)14(2)8-22(25-18)28-6-5-21(27)24-19-9-15-11-23-12-16(15)10-20(19)26;;/h3-4,7-8,15-16,19-20,23,26H,5-6,9-12H2,1-2H3,(H,24,27);2*1H/t15-,16+,19-,20-;;/m0../s1. The first-order valence-electron chi connectivity index (χ1n) is 10.2. The molecule has 3 N–H and O–H groups in total. The SMILES string of the molecule is Cc1ccc2nc(SCCC(=O)N[C@H]3C[C@H]4CNC[C@H]4C[C@@H]3O)cc(C)c2c1.Cl.Cl. The van der Waals surface area contributed by atoms with Crippen LogP contribution in [0, 0.1) is 25.7 Å². The minimum atomic E-state index is -0.425. The van der Waals surface area contributed by atoms with Crippen molar-refractivity contribution in [2.45, 2.75) is 50.3 Å². The molecule has 1 aliphatic heterocycles. The van der Waals surface area contributed by atoms with E-state index < -0.39 is 6.10 Å². The van der Waals surface area contributed by atoms with Crippen molar-refractivity contribution in [3.63, 3.8) is 0 Å². The second kappa shape index (κ2) is 11.0. The monoisotopic (exact) mass is 471 g/mol. The van der Waals surface area contributed by atoms with Crippen molar-refractivity contribution in [1.82, 2.24) is 15.6 Å². The zero-order valence-corrected chi connectivity index (χ0v) is 19.8. The number of carbonyl (C=O) groups excluding carboxylic acids is 1. The number of halogens is 2. The predicted octanol–water partition coefficient (Wildman–Crippen LogP) is 3.65. The maximum absolute atomic E-state index is 12.4. The van der Waals surface area contributed by atoms with Gasteiger partial charge in [-0.05, 0) is 75.4 Å². The van der Waals surface area contributed by atoms with Crippen LogP contribution >= 0.6 is 36.6 Å². The fraction of sp³-hybridized carbons (Fsp3) is 0.545. The number of rotatable bonds is 5. The van der Waals surface area contributed by atoms with Crippen molar-refractivity contribution in [2.24, 2.45) is 11.8 Å². The summed E-state index contributed by atoms with van der Waals surface area (Å²) in [6.07, 6.45) is 1.68. The molecule has 4 rings (SSSR count). The van der Waals surface area contributed by atoms with Crippen LogP contribution in [-0.2, 0) is 4.79 Å². The van der Waals surface area contributed by atoms with Crippen molar-refractivity contribution < 1.29 is 9.90 Å². The molecule has 1 amide bonds. The summed E-state index contributed by atoms with van der Waals surface area (Å²) in [5.41, 5.74) is 3.45. The number of thioether (sulfide) groups is 1. The highest BCUT2D eigenvalue weighted by atomic mass is 35.5. The molecule has 1 saturated carbocycles. The van der Waals surface area contributed by atoms with Gasteiger partial charge in [-0.1, -0.05) is 11.6 Å². The number of nitrogens with one attached hydrogen (secondary N) is 2. The van der Waals surface area contributed by atoms with Gasteiger partial charge in [-0.2, -0.15) is 0 Å². The Labute approximate surface area is 195 Å². The van der Waals surface area contributed by atoms with E-state index in [1.165, 1.54) is 16.5 Å². The quantitative estimate of drug-likeness (QED) is 0.580. The van der Waals surface area contributed by atoms with E-state index in [4.69, 9.17) is 4.98 Å². The van der Waals surface area contributed by atoms with Gasteiger partial charge >= 0.3 is 0 Å². The van der Waals surface area contributed by atoms with Crippen molar-refractivity contribution in [2.75, 3.05) is 18.8 Å². The van der Waals surface area contributed by atoms with Gasteiger partial charge in [0.05, 0.1) is 22.7 Å². The number of aliphatic hydroxyl groups is 1. The molecule has 0 spiro atoms. The molecule has 0 unspecified atom stereocenters. The van der Waals surface area contributed by atoms with E-state index in [0.29, 0.717) is 24.0 Å². The molecule has 0 radical (unpaired) electrons. The lowest BCUT2D eigenvalue weighted by atomic mass is 9.77. The zero-order chi connectivity index (χ0) is 19.7. The van der Waals surface area contributed by atoms with Gasteiger partial charge in [0.2, 0.25) is 5.91 Å². The summed E-state index contributed by atoms with van der Waals surface area (Å²) in [6.45, 7) is 6.20. The first-order chi connectivity index (χ1) is 13.5. The summed E-state index contributed by atoms with van der Waals surface area (Å²) in [4.78, 5) is 17.1. The number of fused-ring (bicyclic) bond motifs is 2. The lowest BCUT2D eigenvalue weighted by Crippen LogP contribution is -2.49. The fourth-order valence-electron chi connectivity index (χ4n) is 4.53. The molecule has 2 heterocycles. The van der Waals surface area contributed by atoms with Crippen LogP contribution in [0.3, 0.4) is 0 Å². The number of hydrogen-bond acceptors (Lipinski definition) is 5. The molecule has 2 aromatic rings. The zero-order valence-electron chi connectivity index (χ0n) is 17.4.